The van der Waals surface area contributed by atoms with Crippen molar-refractivity contribution in [3.8, 4) is 11.5 Å². The van der Waals surface area contributed by atoms with Crippen molar-refractivity contribution < 1.29 is 14.3 Å². The van der Waals surface area contributed by atoms with Gasteiger partial charge in [-0.3, -0.25) is 9.78 Å². The number of amides is 1. The Morgan fingerprint density at radius 3 is 2.69 bits per heavy atom. The zero-order valence-corrected chi connectivity index (χ0v) is 14.8. The highest BCUT2D eigenvalue weighted by atomic mass is 16.5. The molecule has 3 aromatic rings. The SMILES string of the molecule is COc1ccc(OC)c(/C=N/NC(=O)c2cc3ccccc3nc2C)c1. The normalized spacial score (nSPS) is 10.9. The molecule has 26 heavy (non-hydrogen) atoms. The van der Waals surface area contributed by atoms with E-state index in [0.29, 0.717) is 28.3 Å². The van der Waals surface area contributed by atoms with Gasteiger partial charge in [0.15, 0.2) is 0 Å². The van der Waals surface area contributed by atoms with Crippen molar-refractivity contribution in [3.05, 3.63) is 65.4 Å². The van der Waals surface area contributed by atoms with Crippen LogP contribution in [0.3, 0.4) is 0 Å². The molecule has 0 saturated carbocycles. The minimum atomic E-state index is -0.320. The third kappa shape index (κ3) is 3.64. The lowest BCUT2D eigenvalue weighted by atomic mass is 10.1. The first-order valence-corrected chi connectivity index (χ1v) is 8.04. The van der Waals surface area contributed by atoms with Gasteiger partial charge in [0.2, 0.25) is 0 Å². The number of nitrogens with zero attached hydrogens (tertiary/aromatic N) is 2. The number of aryl methyl sites for hydroxylation is 1. The molecule has 0 saturated heterocycles. The van der Waals surface area contributed by atoms with E-state index in [1.165, 1.54) is 6.21 Å². The number of hydrogen-bond donors (Lipinski definition) is 1. The Labute approximate surface area is 151 Å². The molecule has 132 valence electrons. The first-order chi connectivity index (χ1) is 12.6. The smallest absolute Gasteiger partial charge is 0.273 e. The van der Waals surface area contributed by atoms with Gasteiger partial charge in [-0.05, 0) is 37.3 Å². The molecule has 0 aliphatic carbocycles. The van der Waals surface area contributed by atoms with Crippen LogP contribution in [0, 0.1) is 6.92 Å². The molecule has 0 spiro atoms. The van der Waals surface area contributed by atoms with Crippen molar-refractivity contribution in [2.24, 2.45) is 5.10 Å². The molecule has 0 fully saturated rings. The fraction of sp³-hybridized carbons (Fsp3) is 0.150. The number of nitrogens with one attached hydrogen (secondary N) is 1. The van der Waals surface area contributed by atoms with E-state index in [1.807, 2.05) is 30.3 Å². The standard InChI is InChI=1S/C20H19N3O3/c1-13-17(11-14-6-4-5-7-18(14)22-13)20(24)23-21-12-15-10-16(25-2)8-9-19(15)26-3/h4-12H,1-3H3,(H,23,24)/b21-12+. The first-order valence-electron chi connectivity index (χ1n) is 8.04. The second-order valence-electron chi connectivity index (χ2n) is 5.62. The molecule has 0 unspecified atom stereocenters. The van der Waals surface area contributed by atoms with Crippen LogP contribution in [0.25, 0.3) is 10.9 Å². The number of hydrazone groups is 1. The zero-order chi connectivity index (χ0) is 18.5. The first kappa shape index (κ1) is 17.4. The fourth-order valence-corrected chi connectivity index (χ4v) is 2.60. The number of ether oxygens (including phenoxy) is 2. The van der Waals surface area contributed by atoms with Gasteiger partial charge >= 0.3 is 0 Å². The maximum absolute atomic E-state index is 12.5. The topological polar surface area (TPSA) is 72.8 Å². The van der Waals surface area contributed by atoms with E-state index >= 15 is 0 Å². The van der Waals surface area contributed by atoms with Crippen molar-refractivity contribution in [1.29, 1.82) is 0 Å². The van der Waals surface area contributed by atoms with Crippen LogP contribution in [0.4, 0.5) is 0 Å². The molecule has 1 N–H and O–H groups in total. The fourth-order valence-electron chi connectivity index (χ4n) is 2.60. The summed E-state index contributed by atoms with van der Waals surface area (Å²) >= 11 is 0. The molecule has 1 aromatic heterocycles. The van der Waals surface area contributed by atoms with Crippen molar-refractivity contribution in [1.82, 2.24) is 10.4 Å². The molecular formula is C20H19N3O3. The van der Waals surface area contributed by atoms with Crippen LogP contribution in [-0.4, -0.2) is 31.3 Å². The van der Waals surface area contributed by atoms with E-state index in [2.05, 4.69) is 15.5 Å². The summed E-state index contributed by atoms with van der Waals surface area (Å²) in [6.07, 6.45) is 1.52. The monoisotopic (exact) mass is 349 g/mol. The maximum Gasteiger partial charge on any atom is 0.273 e. The molecule has 0 aliphatic rings. The summed E-state index contributed by atoms with van der Waals surface area (Å²) in [5.41, 5.74) is 5.22. The summed E-state index contributed by atoms with van der Waals surface area (Å²) in [4.78, 5) is 16.9. The van der Waals surface area contributed by atoms with Gasteiger partial charge in [0.1, 0.15) is 11.5 Å². The van der Waals surface area contributed by atoms with Gasteiger partial charge in [0, 0.05) is 10.9 Å². The quantitative estimate of drug-likeness (QED) is 0.566. The van der Waals surface area contributed by atoms with Crippen LogP contribution < -0.4 is 14.9 Å². The highest BCUT2D eigenvalue weighted by Gasteiger charge is 2.11. The number of aromatic nitrogens is 1. The van der Waals surface area contributed by atoms with E-state index < -0.39 is 0 Å². The number of hydrogen-bond acceptors (Lipinski definition) is 5. The summed E-state index contributed by atoms with van der Waals surface area (Å²) in [7, 11) is 3.15. The van der Waals surface area contributed by atoms with Crippen molar-refractivity contribution >= 4 is 23.0 Å². The Balaban J connectivity index is 1.81. The number of carbonyl (C=O) groups is 1. The number of rotatable bonds is 5. The van der Waals surface area contributed by atoms with Crippen LogP contribution in [0.2, 0.25) is 0 Å². The van der Waals surface area contributed by atoms with Gasteiger partial charge in [-0.25, -0.2) is 5.43 Å². The average molecular weight is 349 g/mol. The lowest BCUT2D eigenvalue weighted by Crippen LogP contribution is -2.19. The molecule has 6 heteroatoms. The number of methoxy groups -OCH3 is 2. The zero-order valence-electron chi connectivity index (χ0n) is 14.8. The largest absolute Gasteiger partial charge is 0.497 e. The number of carbonyl (C=O) groups excluding carboxylic acids is 1. The van der Waals surface area contributed by atoms with Crippen LogP contribution in [0.5, 0.6) is 11.5 Å². The Kier molecular flexibility index (Phi) is 5.12. The molecule has 0 radical (unpaired) electrons. The van der Waals surface area contributed by atoms with Gasteiger partial charge in [-0.15, -0.1) is 0 Å². The molecule has 0 aliphatic heterocycles. The van der Waals surface area contributed by atoms with Crippen LogP contribution in [-0.2, 0) is 0 Å². The predicted molar refractivity (Wildman–Crippen MR) is 101 cm³/mol. The predicted octanol–water partition coefficient (Wildman–Crippen LogP) is 3.32. The summed E-state index contributed by atoms with van der Waals surface area (Å²) < 4.78 is 10.5. The Hall–Kier alpha value is -3.41. The number of benzene rings is 2. The van der Waals surface area contributed by atoms with Crippen molar-refractivity contribution in [2.45, 2.75) is 6.92 Å². The molecule has 2 aromatic carbocycles. The lowest BCUT2D eigenvalue weighted by Gasteiger charge is -2.07. The maximum atomic E-state index is 12.5. The average Bonchev–Trinajstić information content (AvgIpc) is 2.67. The van der Waals surface area contributed by atoms with Gasteiger partial charge in [0.25, 0.3) is 5.91 Å². The Bertz CT molecular complexity index is 983. The number of fused-ring (bicyclic) bond motifs is 1. The van der Waals surface area contributed by atoms with Gasteiger partial charge < -0.3 is 9.47 Å². The highest BCUT2D eigenvalue weighted by molar-refractivity contribution is 5.99. The molecule has 1 amide bonds. The third-order valence-electron chi connectivity index (χ3n) is 3.97. The minimum absolute atomic E-state index is 0.320. The van der Waals surface area contributed by atoms with Crippen LogP contribution in [0.1, 0.15) is 21.6 Å². The van der Waals surface area contributed by atoms with E-state index in [-0.39, 0.29) is 5.91 Å². The van der Waals surface area contributed by atoms with Crippen LogP contribution in [0.15, 0.2) is 53.6 Å². The lowest BCUT2D eigenvalue weighted by molar-refractivity contribution is 0.0954. The second kappa shape index (κ2) is 7.65. The Morgan fingerprint density at radius 1 is 1.12 bits per heavy atom. The van der Waals surface area contributed by atoms with Crippen LogP contribution >= 0.6 is 0 Å². The summed E-state index contributed by atoms with van der Waals surface area (Å²) in [5, 5.41) is 4.94. The van der Waals surface area contributed by atoms with Crippen molar-refractivity contribution in [3.63, 3.8) is 0 Å². The summed E-state index contributed by atoms with van der Waals surface area (Å²) in [6, 6.07) is 14.8. The third-order valence-corrected chi connectivity index (χ3v) is 3.97. The summed E-state index contributed by atoms with van der Waals surface area (Å²) in [5.74, 6) is 0.986. The van der Waals surface area contributed by atoms with E-state index in [9.17, 15) is 4.79 Å². The molecular weight excluding hydrogens is 330 g/mol. The number of pyridine rings is 1. The highest BCUT2D eigenvalue weighted by Crippen LogP contribution is 2.22. The molecule has 6 nitrogen and oxygen atoms in total. The van der Waals surface area contributed by atoms with E-state index in [1.54, 1.807) is 39.3 Å². The second-order valence-corrected chi connectivity index (χ2v) is 5.62. The Morgan fingerprint density at radius 2 is 1.92 bits per heavy atom. The molecule has 0 atom stereocenters. The minimum Gasteiger partial charge on any atom is -0.497 e. The van der Waals surface area contributed by atoms with E-state index in [4.69, 9.17) is 9.47 Å². The molecule has 3 rings (SSSR count). The summed E-state index contributed by atoms with van der Waals surface area (Å²) in [6.45, 7) is 1.80. The van der Waals surface area contributed by atoms with Crippen molar-refractivity contribution in [2.75, 3.05) is 14.2 Å². The van der Waals surface area contributed by atoms with E-state index in [0.717, 1.165) is 10.9 Å². The molecule has 0 bridgehead atoms. The van der Waals surface area contributed by atoms with Gasteiger partial charge in [-0.1, -0.05) is 18.2 Å². The number of para-hydroxylation sites is 1. The molecule has 1 heterocycles. The van der Waals surface area contributed by atoms with Gasteiger partial charge in [-0.2, -0.15) is 5.10 Å². The van der Waals surface area contributed by atoms with Gasteiger partial charge in [0.05, 0.1) is 37.2 Å².